The Hall–Kier alpha value is -1.92. The Morgan fingerprint density at radius 1 is 1.27 bits per heavy atom. The fourth-order valence-electron chi connectivity index (χ4n) is 3.32. The van der Waals surface area contributed by atoms with E-state index in [2.05, 4.69) is 10.6 Å². The van der Waals surface area contributed by atoms with E-state index in [-0.39, 0.29) is 17.9 Å². The Kier molecular flexibility index (Phi) is 6.42. The van der Waals surface area contributed by atoms with Crippen LogP contribution >= 0.6 is 0 Å². The van der Waals surface area contributed by atoms with Crippen molar-refractivity contribution in [1.29, 1.82) is 0 Å². The van der Waals surface area contributed by atoms with Crippen molar-refractivity contribution in [1.82, 2.24) is 10.6 Å². The molecule has 2 unspecified atom stereocenters. The molecule has 4 N–H and O–H groups in total. The zero-order chi connectivity index (χ0) is 19.4. The van der Waals surface area contributed by atoms with Gasteiger partial charge in [-0.05, 0) is 31.0 Å². The molecule has 0 saturated heterocycles. The Morgan fingerprint density at radius 3 is 2.62 bits per heavy atom. The van der Waals surface area contributed by atoms with Crippen LogP contribution in [0.15, 0.2) is 24.3 Å². The van der Waals surface area contributed by atoms with E-state index in [1.165, 1.54) is 0 Å². The fourth-order valence-corrected chi connectivity index (χ4v) is 3.32. The third kappa shape index (κ3) is 3.91. The van der Waals surface area contributed by atoms with Crippen molar-refractivity contribution in [2.75, 3.05) is 13.2 Å². The molecule has 0 aliphatic heterocycles. The molecule has 0 radical (unpaired) electrons. The Bertz CT molecular complexity index is 659. The van der Waals surface area contributed by atoms with E-state index in [1.807, 2.05) is 39.8 Å². The third-order valence-corrected chi connectivity index (χ3v) is 5.41. The summed E-state index contributed by atoms with van der Waals surface area (Å²) in [4.78, 5) is 24.7. The smallest absolute Gasteiger partial charge is 0.251 e. The summed E-state index contributed by atoms with van der Waals surface area (Å²) in [5.74, 6) is -0.283. The number of nitrogens with one attached hydrogen (secondary N) is 2. The van der Waals surface area contributed by atoms with Gasteiger partial charge in [0.15, 0.2) is 0 Å². The number of benzene rings is 1. The van der Waals surface area contributed by atoms with Crippen LogP contribution in [0.1, 0.15) is 56.5 Å². The SMILES string of the molecule is CCCNC(=O)c1cccc(CNC(=O)C2(N)CC(OCC)C2(C)C)c1. The molecular weight excluding hydrogens is 330 g/mol. The van der Waals surface area contributed by atoms with Gasteiger partial charge in [-0.25, -0.2) is 0 Å². The molecule has 6 heteroatoms. The van der Waals surface area contributed by atoms with E-state index in [1.54, 1.807) is 12.1 Å². The van der Waals surface area contributed by atoms with Crippen LogP contribution in [0.25, 0.3) is 0 Å². The first-order valence-corrected chi connectivity index (χ1v) is 9.32. The maximum Gasteiger partial charge on any atom is 0.251 e. The summed E-state index contributed by atoms with van der Waals surface area (Å²) >= 11 is 0. The lowest BCUT2D eigenvalue weighted by Crippen LogP contribution is -2.75. The average molecular weight is 361 g/mol. The van der Waals surface area contributed by atoms with Crippen LogP contribution in [0.5, 0.6) is 0 Å². The zero-order valence-electron chi connectivity index (χ0n) is 16.2. The molecule has 0 spiro atoms. The van der Waals surface area contributed by atoms with Crippen molar-refractivity contribution in [3.63, 3.8) is 0 Å². The molecule has 2 amide bonds. The number of carbonyl (C=O) groups is 2. The summed E-state index contributed by atoms with van der Waals surface area (Å²) in [6, 6.07) is 7.26. The first-order valence-electron chi connectivity index (χ1n) is 9.32. The Balaban J connectivity index is 1.97. The summed E-state index contributed by atoms with van der Waals surface area (Å²) in [6.45, 7) is 9.47. The van der Waals surface area contributed by atoms with Crippen molar-refractivity contribution >= 4 is 11.8 Å². The van der Waals surface area contributed by atoms with Crippen LogP contribution in [0.4, 0.5) is 0 Å². The zero-order valence-corrected chi connectivity index (χ0v) is 16.2. The topological polar surface area (TPSA) is 93.5 Å². The van der Waals surface area contributed by atoms with E-state index in [0.29, 0.717) is 31.7 Å². The van der Waals surface area contributed by atoms with Gasteiger partial charge in [-0.15, -0.1) is 0 Å². The Morgan fingerprint density at radius 2 is 2.00 bits per heavy atom. The van der Waals surface area contributed by atoms with Gasteiger partial charge in [0.05, 0.1) is 6.10 Å². The van der Waals surface area contributed by atoms with Gasteiger partial charge in [-0.1, -0.05) is 32.9 Å². The largest absolute Gasteiger partial charge is 0.378 e. The predicted octanol–water partition coefficient (Wildman–Crippen LogP) is 1.98. The third-order valence-electron chi connectivity index (χ3n) is 5.41. The van der Waals surface area contributed by atoms with E-state index in [4.69, 9.17) is 10.5 Å². The van der Waals surface area contributed by atoms with Crippen molar-refractivity contribution in [3.05, 3.63) is 35.4 Å². The molecule has 144 valence electrons. The number of ether oxygens (including phenoxy) is 1. The highest BCUT2D eigenvalue weighted by molar-refractivity contribution is 5.94. The molecule has 6 nitrogen and oxygen atoms in total. The molecule has 0 heterocycles. The van der Waals surface area contributed by atoms with Gasteiger partial charge in [-0.3, -0.25) is 9.59 Å². The van der Waals surface area contributed by atoms with Gasteiger partial charge in [0.25, 0.3) is 5.91 Å². The fraction of sp³-hybridized carbons (Fsp3) is 0.600. The van der Waals surface area contributed by atoms with E-state index in [0.717, 1.165) is 12.0 Å². The molecule has 1 saturated carbocycles. The number of rotatable bonds is 8. The number of amides is 2. The summed E-state index contributed by atoms with van der Waals surface area (Å²) in [7, 11) is 0. The first kappa shape index (κ1) is 20.4. The highest BCUT2D eigenvalue weighted by atomic mass is 16.5. The standard InChI is InChI=1S/C20H31N3O3/c1-5-10-22-17(24)15-9-7-8-14(11-15)13-23-18(25)20(21)12-16(26-6-2)19(20,3)4/h7-9,11,16H,5-6,10,12-13,21H2,1-4H3,(H,22,24)(H,23,25). The molecule has 2 rings (SSSR count). The Labute approximate surface area is 155 Å². The second-order valence-electron chi connectivity index (χ2n) is 7.48. The second kappa shape index (κ2) is 8.18. The minimum atomic E-state index is -0.942. The van der Waals surface area contributed by atoms with Crippen molar-refractivity contribution in [2.24, 2.45) is 11.1 Å². The lowest BCUT2D eigenvalue weighted by molar-refractivity contribution is -0.170. The molecule has 1 aliphatic rings. The van der Waals surface area contributed by atoms with E-state index >= 15 is 0 Å². The molecule has 26 heavy (non-hydrogen) atoms. The highest BCUT2D eigenvalue weighted by Gasteiger charge is 2.62. The summed E-state index contributed by atoms with van der Waals surface area (Å²) in [5, 5.41) is 5.77. The molecule has 2 atom stereocenters. The lowest BCUT2D eigenvalue weighted by atomic mass is 9.54. The van der Waals surface area contributed by atoms with Gasteiger partial charge >= 0.3 is 0 Å². The van der Waals surface area contributed by atoms with Crippen LogP contribution in [0, 0.1) is 5.41 Å². The number of hydrogen-bond acceptors (Lipinski definition) is 4. The van der Waals surface area contributed by atoms with Crippen LogP contribution in [0.2, 0.25) is 0 Å². The number of hydrogen-bond donors (Lipinski definition) is 3. The van der Waals surface area contributed by atoms with Crippen LogP contribution in [-0.4, -0.2) is 36.6 Å². The maximum atomic E-state index is 12.7. The molecule has 1 aliphatic carbocycles. The molecular formula is C20H31N3O3. The normalized spacial score (nSPS) is 23.8. The van der Waals surface area contributed by atoms with Gasteiger partial charge < -0.3 is 21.1 Å². The lowest BCUT2D eigenvalue weighted by Gasteiger charge is -2.57. The first-order chi connectivity index (χ1) is 12.3. The summed E-state index contributed by atoms with van der Waals surface area (Å²) < 4.78 is 5.67. The van der Waals surface area contributed by atoms with Crippen LogP contribution < -0.4 is 16.4 Å². The van der Waals surface area contributed by atoms with Crippen molar-refractivity contribution < 1.29 is 14.3 Å². The van der Waals surface area contributed by atoms with Crippen molar-refractivity contribution in [3.8, 4) is 0 Å². The molecule has 0 bridgehead atoms. The van der Waals surface area contributed by atoms with Crippen LogP contribution in [-0.2, 0) is 16.1 Å². The molecule has 0 aromatic heterocycles. The molecule has 1 fully saturated rings. The minimum Gasteiger partial charge on any atom is -0.378 e. The second-order valence-corrected chi connectivity index (χ2v) is 7.48. The predicted molar refractivity (Wildman–Crippen MR) is 102 cm³/mol. The highest BCUT2D eigenvalue weighted by Crippen LogP contribution is 2.49. The average Bonchev–Trinajstić information content (AvgIpc) is 2.63. The maximum absolute atomic E-state index is 12.7. The van der Waals surface area contributed by atoms with Gasteiger partial charge in [0.2, 0.25) is 5.91 Å². The molecule has 1 aromatic carbocycles. The van der Waals surface area contributed by atoms with E-state index in [9.17, 15) is 9.59 Å². The van der Waals surface area contributed by atoms with Gasteiger partial charge in [0, 0.05) is 37.1 Å². The molecule has 1 aromatic rings. The van der Waals surface area contributed by atoms with E-state index < -0.39 is 11.0 Å². The summed E-state index contributed by atoms with van der Waals surface area (Å²) in [6.07, 6.45) is 1.39. The van der Waals surface area contributed by atoms with Gasteiger partial charge in [-0.2, -0.15) is 0 Å². The monoisotopic (exact) mass is 361 g/mol. The van der Waals surface area contributed by atoms with Crippen molar-refractivity contribution in [2.45, 2.75) is 58.7 Å². The van der Waals surface area contributed by atoms with Gasteiger partial charge in [0.1, 0.15) is 5.54 Å². The number of nitrogens with two attached hydrogens (primary N) is 1. The summed E-state index contributed by atoms with van der Waals surface area (Å²) in [5.41, 5.74) is 6.48. The van der Waals surface area contributed by atoms with Crippen LogP contribution in [0.3, 0.4) is 0 Å². The number of carbonyl (C=O) groups excluding carboxylic acids is 2. The minimum absolute atomic E-state index is 0.00570. The quantitative estimate of drug-likeness (QED) is 0.660.